The Morgan fingerprint density at radius 2 is 1.72 bits per heavy atom. The summed E-state index contributed by atoms with van der Waals surface area (Å²) >= 11 is 1.45. The lowest BCUT2D eigenvalue weighted by Crippen LogP contribution is -2.19. The first-order valence-electron chi connectivity index (χ1n) is 9.59. The van der Waals surface area contributed by atoms with Gasteiger partial charge in [-0.15, -0.1) is 11.3 Å². The van der Waals surface area contributed by atoms with Crippen LogP contribution < -0.4 is 10.6 Å². The second-order valence-electron chi connectivity index (χ2n) is 7.31. The van der Waals surface area contributed by atoms with Gasteiger partial charge in [0.15, 0.2) is 0 Å². The van der Waals surface area contributed by atoms with E-state index in [0.717, 1.165) is 29.7 Å². The third-order valence-corrected chi connectivity index (χ3v) is 6.29. The van der Waals surface area contributed by atoms with E-state index in [1.807, 2.05) is 6.07 Å². The summed E-state index contributed by atoms with van der Waals surface area (Å²) in [5.74, 6) is -0.627. The average Bonchev–Trinajstić information content (AvgIpc) is 3.07. The van der Waals surface area contributed by atoms with Gasteiger partial charge in [-0.2, -0.15) is 0 Å². The summed E-state index contributed by atoms with van der Waals surface area (Å²) in [6, 6.07) is 15.0. The molecule has 4 nitrogen and oxygen atoms in total. The number of para-hydroxylation sites is 1. The first kappa shape index (κ1) is 19.3. The molecule has 0 saturated carbocycles. The lowest BCUT2D eigenvalue weighted by molar-refractivity contribution is 0.102. The predicted octanol–water partition coefficient (Wildman–Crippen LogP) is 5.52. The molecule has 0 radical (unpaired) electrons. The standard InChI is InChI=1S/C23H21FN2O2S/c1-14-11-12-16-19(13-14)29-23(26-21(27)15-7-3-2-4-8-15)20(16)22(28)25-18-10-6-5-9-17(18)24/h2-10,14H,11-13H2,1H3,(H,25,28)(H,26,27). The van der Waals surface area contributed by atoms with Gasteiger partial charge in [-0.3, -0.25) is 9.59 Å². The third-order valence-electron chi connectivity index (χ3n) is 5.12. The van der Waals surface area contributed by atoms with Gasteiger partial charge in [0.2, 0.25) is 0 Å². The number of fused-ring (bicyclic) bond motifs is 1. The molecule has 0 saturated heterocycles. The summed E-state index contributed by atoms with van der Waals surface area (Å²) in [6.45, 7) is 2.18. The maximum absolute atomic E-state index is 14.0. The summed E-state index contributed by atoms with van der Waals surface area (Å²) in [5, 5.41) is 6.09. The lowest BCUT2D eigenvalue weighted by atomic mass is 9.88. The van der Waals surface area contributed by atoms with Crippen molar-refractivity contribution in [2.45, 2.75) is 26.2 Å². The van der Waals surface area contributed by atoms with Gasteiger partial charge in [0.1, 0.15) is 10.8 Å². The SMILES string of the molecule is CC1CCc2c(sc(NC(=O)c3ccccc3)c2C(=O)Nc2ccccc2F)C1. The van der Waals surface area contributed by atoms with Gasteiger partial charge in [0.25, 0.3) is 11.8 Å². The molecule has 2 N–H and O–H groups in total. The lowest BCUT2D eigenvalue weighted by Gasteiger charge is -2.18. The second kappa shape index (κ2) is 8.17. The van der Waals surface area contributed by atoms with Crippen molar-refractivity contribution in [3.63, 3.8) is 0 Å². The van der Waals surface area contributed by atoms with Crippen LogP contribution in [0.2, 0.25) is 0 Å². The highest BCUT2D eigenvalue weighted by atomic mass is 32.1. The van der Waals surface area contributed by atoms with E-state index < -0.39 is 11.7 Å². The normalized spacial score (nSPS) is 15.4. The van der Waals surface area contributed by atoms with Crippen molar-refractivity contribution in [2.75, 3.05) is 10.6 Å². The van der Waals surface area contributed by atoms with Crippen molar-refractivity contribution < 1.29 is 14.0 Å². The van der Waals surface area contributed by atoms with Crippen LogP contribution in [0.15, 0.2) is 54.6 Å². The fourth-order valence-electron chi connectivity index (χ4n) is 3.59. The summed E-state index contributed by atoms with van der Waals surface area (Å²) in [7, 11) is 0. The van der Waals surface area contributed by atoms with Crippen LogP contribution >= 0.6 is 11.3 Å². The maximum Gasteiger partial charge on any atom is 0.259 e. The van der Waals surface area contributed by atoms with E-state index in [1.165, 1.54) is 23.5 Å². The number of halogens is 1. The molecule has 0 fully saturated rings. The number of amides is 2. The topological polar surface area (TPSA) is 58.2 Å². The van der Waals surface area contributed by atoms with Gasteiger partial charge in [0.05, 0.1) is 11.3 Å². The number of nitrogens with one attached hydrogen (secondary N) is 2. The Labute approximate surface area is 172 Å². The minimum atomic E-state index is -0.492. The zero-order chi connectivity index (χ0) is 20.4. The zero-order valence-electron chi connectivity index (χ0n) is 16.0. The molecule has 2 amide bonds. The van der Waals surface area contributed by atoms with Gasteiger partial charge >= 0.3 is 0 Å². The van der Waals surface area contributed by atoms with Crippen molar-refractivity contribution in [2.24, 2.45) is 5.92 Å². The molecule has 148 valence electrons. The Hall–Kier alpha value is -2.99. The van der Waals surface area contributed by atoms with Crippen LogP contribution in [-0.2, 0) is 12.8 Å². The van der Waals surface area contributed by atoms with E-state index in [9.17, 15) is 14.0 Å². The van der Waals surface area contributed by atoms with Crippen molar-refractivity contribution in [3.8, 4) is 0 Å². The Morgan fingerprint density at radius 3 is 2.48 bits per heavy atom. The highest BCUT2D eigenvalue weighted by molar-refractivity contribution is 7.17. The molecule has 6 heteroatoms. The molecule has 1 heterocycles. The van der Waals surface area contributed by atoms with Gasteiger partial charge in [0, 0.05) is 10.4 Å². The summed E-state index contributed by atoms with van der Waals surface area (Å²) in [4.78, 5) is 26.9. The van der Waals surface area contributed by atoms with Crippen molar-refractivity contribution in [3.05, 3.63) is 82.0 Å². The molecule has 4 rings (SSSR count). The van der Waals surface area contributed by atoms with E-state index in [4.69, 9.17) is 0 Å². The fourth-order valence-corrected chi connectivity index (χ4v) is 4.99. The second-order valence-corrected chi connectivity index (χ2v) is 8.42. The molecule has 0 bridgehead atoms. The van der Waals surface area contributed by atoms with Gasteiger partial charge in [-0.1, -0.05) is 37.3 Å². The average molecular weight is 408 g/mol. The number of rotatable bonds is 4. The van der Waals surface area contributed by atoms with Crippen LogP contribution in [0.4, 0.5) is 15.1 Å². The van der Waals surface area contributed by atoms with Crippen molar-refractivity contribution in [1.29, 1.82) is 0 Å². The monoisotopic (exact) mass is 408 g/mol. The molecular weight excluding hydrogens is 387 g/mol. The Bertz CT molecular complexity index is 1060. The van der Waals surface area contributed by atoms with Crippen LogP contribution in [0.5, 0.6) is 0 Å². The largest absolute Gasteiger partial charge is 0.319 e. The van der Waals surface area contributed by atoms with E-state index >= 15 is 0 Å². The molecule has 29 heavy (non-hydrogen) atoms. The molecule has 1 unspecified atom stereocenters. The number of hydrogen-bond donors (Lipinski definition) is 2. The van der Waals surface area contributed by atoms with E-state index in [0.29, 0.717) is 22.0 Å². The summed E-state index contributed by atoms with van der Waals surface area (Å²) in [5.41, 5.74) is 2.06. The van der Waals surface area contributed by atoms with Gasteiger partial charge < -0.3 is 10.6 Å². The molecule has 3 aromatic rings. The summed E-state index contributed by atoms with van der Waals surface area (Å²) < 4.78 is 14.0. The van der Waals surface area contributed by atoms with Crippen LogP contribution in [0.25, 0.3) is 0 Å². The van der Waals surface area contributed by atoms with Crippen molar-refractivity contribution in [1.82, 2.24) is 0 Å². The minimum absolute atomic E-state index is 0.127. The molecule has 1 aromatic heterocycles. The van der Waals surface area contributed by atoms with E-state index in [-0.39, 0.29) is 11.6 Å². The third kappa shape index (κ3) is 4.07. The Kier molecular flexibility index (Phi) is 5.45. The molecule has 1 aliphatic rings. The molecule has 0 aliphatic heterocycles. The van der Waals surface area contributed by atoms with Crippen LogP contribution in [0.1, 0.15) is 44.5 Å². The maximum atomic E-state index is 14.0. The number of benzene rings is 2. The van der Waals surface area contributed by atoms with Crippen LogP contribution in [0.3, 0.4) is 0 Å². The number of carbonyl (C=O) groups excluding carboxylic acids is 2. The number of thiophene rings is 1. The van der Waals surface area contributed by atoms with E-state index in [2.05, 4.69) is 17.6 Å². The highest BCUT2D eigenvalue weighted by Gasteiger charge is 2.29. The Morgan fingerprint density at radius 1 is 1.00 bits per heavy atom. The summed E-state index contributed by atoms with van der Waals surface area (Å²) in [6.07, 6.45) is 2.63. The quantitative estimate of drug-likeness (QED) is 0.597. The van der Waals surface area contributed by atoms with Gasteiger partial charge in [-0.05, 0) is 55.0 Å². The minimum Gasteiger partial charge on any atom is -0.319 e. The molecular formula is C23H21FN2O2S. The fraction of sp³-hybridized carbons (Fsp3) is 0.217. The van der Waals surface area contributed by atoms with E-state index in [1.54, 1.807) is 36.4 Å². The van der Waals surface area contributed by atoms with Crippen molar-refractivity contribution >= 4 is 33.8 Å². The Balaban J connectivity index is 1.68. The van der Waals surface area contributed by atoms with Crippen LogP contribution in [-0.4, -0.2) is 11.8 Å². The van der Waals surface area contributed by atoms with Crippen LogP contribution in [0, 0.1) is 11.7 Å². The predicted molar refractivity (Wildman–Crippen MR) is 114 cm³/mol. The first-order valence-corrected chi connectivity index (χ1v) is 10.4. The number of hydrogen-bond acceptors (Lipinski definition) is 3. The molecule has 1 atom stereocenters. The highest BCUT2D eigenvalue weighted by Crippen LogP contribution is 2.40. The molecule has 2 aromatic carbocycles. The molecule has 0 spiro atoms. The zero-order valence-corrected chi connectivity index (χ0v) is 16.8. The first-order chi connectivity index (χ1) is 14.0. The molecule has 1 aliphatic carbocycles. The smallest absolute Gasteiger partial charge is 0.259 e. The number of carbonyl (C=O) groups is 2. The number of anilines is 2. The van der Waals surface area contributed by atoms with Gasteiger partial charge in [-0.25, -0.2) is 4.39 Å².